The highest BCUT2D eigenvalue weighted by molar-refractivity contribution is 6.76. The van der Waals surface area contributed by atoms with Crippen molar-refractivity contribution in [3.8, 4) is 23.0 Å². The molecule has 16 nitrogen and oxygen atoms in total. The van der Waals surface area contributed by atoms with E-state index >= 15 is 0 Å². The summed E-state index contributed by atoms with van der Waals surface area (Å²) in [7, 11) is 4.08. The zero-order valence-corrected chi connectivity index (χ0v) is 40.5. The summed E-state index contributed by atoms with van der Waals surface area (Å²) in [6.07, 6.45) is 2.26. The van der Waals surface area contributed by atoms with Gasteiger partial charge in [0, 0.05) is 81.1 Å². The van der Waals surface area contributed by atoms with Crippen LogP contribution in [-0.4, -0.2) is 154 Å². The SMILES string of the molecule is C=CN(C)C(=O)c1cc(OC)c(OCCCOc2cc3c(cc2OC)C(=O)N(N)[C@@H](CC)C(=O)N3COCC[Si](C)(C)C)cc1N(COCC[Si](C)(C)C)N1CCN(C)CC1. The molecule has 0 saturated carbocycles. The van der Waals surface area contributed by atoms with E-state index in [9.17, 15) is 14.4 Å². The molecule has 1 fully saturated rings. The van der Waals surface area contributed by atoms with E-state index in [4.69, 9.17) is 34.3 Å². The van der Waals surface area contributed by atoms with Crippen LogP contribution in [0.15, 0.2) is 37.0 Å². The van der Waals surface area contributed by atoms with Gasteiger partial charge < -0.3 is 38.2 Å². The van der Waals surface area contributed by atoms with Crippen molar-refractivity contribution < 1.29 is 42.8 Å². The third-order valence-electron chi connectivity index (χ3n) is 10.7. The van der Waals surface area contributed by atoms with E-state index in [0.717, 1.165) is 43.3 Å². The fraction of sp³-hybridized carbons (Fsp3) is 0.605. The zero-order chi connectivity index (χ0) is 45.1. The number of hydrogen-bond donors (Lipinski definition) is 1. The number of fused-ring (bicyclic) bond motifs is 1. The molecule has 3 amide bonds. The molecule has 2 heterocycles. The molecule has 18 heteroatoms. The first-order valence-electron chi connectivity index (χ1n) is 21.2. The number of likely N-dealkylation sites (N-methyl/N-ethyl adjacent to an activating group) is 1. The predicted octanol–water partition coefficient (Wildman–Crippen LogP) is 5.80. The van der Waals surface area contributed by atoms with Crippen molar-refractivity contribution in [2.45, 2.75) is 77.2 Å². The van der Waals surface area contributed by atoms with Crippen molar-refractivity contribution in [1.82, 2.24) is 19.8 Å². The highest BCUT2D eigenvalue weighted by atomic mass is 28.3. The maximum absolute atomic E-state index is 13.9. The molecule has 1 atom stereocenters. The lowest BCUT2D eigenvalue weighted by Crippen LogP contribution is -2.54. The molecular weight excluding hydrogens is 815 g/mol. The predicted molar refractivity (Wildman–Crippen MR) is 245 cm³/mol. The van der Waals surface area contributed by atoms with Gasteiger partial charge in [-0.15, -0.1) is 0 Å². The van der Waals surface area contributed by atoms with Crippen LogP contribution in [0.4, 0.5) is 11.4 Å². The summed E-state index contributed by atoms with van der Waals surface area (Å²) >= 11 is 0. The molecule has 0 aliphatic carbocycles. The number of carbonyl (C=O) groups excluding carboxylic acids is 3. The summed E-state index contributed by atoms with van der Waals surface area (Å²) in [5.41, 5.74) is 1.61. The Labute approximate surface area is 365 Å². The molecule has 4 rings (SSSR count). The Hall–Kier alpha value is -4.18. The third-order valence-corrected chi connectivity index (χ3v) is 14.2. The van der Waals surface area contributed by atoms with Crippen LogP contribution in [-0.2, 0) is 14.3 Å². The molecule has 2 N–H and O–H groups in total. The van der Waals surface area contributed by atoms with Gasteiger partial charge in [0.2, 0.25) is 0 Å². The first-order valence-corrected chi connectivity index (χ1v) is 28.6. The van der Waals surface area contributed by atoms with Gasteiger partial charge in [0.05, 0.1) is 49.9 Å². The van der Waals surface area contributed by atoms with Crippen molar-refractivity contribution in [1.29, 1.82) is 0 Å². The molecule has 61 heavy (non-hydrogen) atoms. The maximum atomic E-state index is 13.9. The molecule has 2 aromatic carbocycles. The van der Waals surface area contributed by atoms with Crippen molar-refractivity contribution in [2.24, 2.45) is 5.84 Å². The lowest BCUT2D eigenvalue weighted by Gasteiger charge is -2.42. The van der Waals surface area contributed by atoms with E-state index < -0.39 is 28.1 Å². The lowest BCUT2D eigenvalue weighted by molar-refractivity contribution is -0.124. The van der Waals surface area contributed by atoms with E-state index in [2.05, 4.69) is 62.8 Å². The number of nitrogens with zero attached hydrogens (tertiary/aromatic N) is 6. The van der Waals surface area contributed by atoms with Crippen LogP contribution in [0.1, 0.15) is 40.5 Å². The highest BCUT2D eigenvalue weighted by Crippen LogP contribution is 2.40. The zero-order valence-electron chi connectivity index (χ0n) is 38.5. The van der Waals surface area contributed by atoms with Gasteiger partial charge in [-0.3, -0.25) is 29.3 Å². The lowest BCUT2D eigenvalue weighted by atomic mass is 10.1. The van der Waals surface area contributed by atoms with Crippen molar-refractivity contribution >= 4 is 45.2 Å². The highest BCUT2D eigenvalue weighted by Gasteiger charge is 2.39. The Morgan fingerprint density at radius 1 is 0.852 bits per heavy atom. The van der Waals surface area contributed by atoms with Crippen LogP contribution in [0, 0.1) is 0 Å². The Kier molecular flexibility index (Phi) is 18.1. The Balaban J connectivity index is 1.59. The summed E-state index contributed by atoms with van der Waals surface area (Å²) in [5, 5.41) is 5.26. The fourth-order valence-electron chi connectivity index (χ4n) is 6.73. The number of carbonyl (C=O) groups is 3. The smallest absolute Gasteiger partial charge is 0.270 e. The fourth-order valence-corrected chi connectivity index (χ4v) is 8.24. The molecule has 0 unspecified atom stereocenters. The topological polar surface area (TPSA) is 152 Å². The van der Waals surface area contributed by atoms with E-state index in [1.807, 2.05) is 18.0 Å². The number of amides is 3. The average molecular weight is 886 g/mol. The number of anilines is 2. The molecule has 0 radical (unpaired) electrons. The summed E-state index contributed by atoms with van der Waals surface area (Å²) in [4.78, 5) is 46.5. The minimum absolute atomic E-state index is 0.0392. The maximum Gasteiger partial charge on any atom is 0.270 e. The van der Waals surface area contributed by atoms with E-state index in [-0.39, 0.29) is 44.1 Å². The molecule has 0 bridgehead atoms. The number of ether oxygens (including phenoxy) is 6. The van der Waals surface area contributed by atoms with Crippen molar-refractivity contribution in [3.63, 3.8) is 0 Å². The Morgan fingerprint density at radius 2 is 1.43 bits per heavy atom. The van der Waals surface area contributed by atoms with E-state index in [1.165, 1.54) is 23.1 Å². The van der Waals surface area contributed by atoms with Crippen molar-refractivity contribution in [3.05, 3.63) is 48.2 Å². The first-order chi connectivity index (χ1) is 28.8. The second-order valence-electron chi connectivity index (χ2n) is 17.9. The van der Waals surface area contributed by atoms with Gasteiger partial charge in [-0.2, -0.15) is 0 Å². The average Bonchev–Trinajstić information content (AvgIpc) is 3.28. The molecule has 2 aliphatic rings. The number of rotatable bonds is 23. The van der Waals surface area contributed by atoms with Crippen LogP contribution in [0.2, 0.25) is 51.4 Å². The van der Waals surface area contributed by atoms with E-state index in [0.29, 0.717) is 66.0 Å². The van der Waals surface area contributed by atoms with Crippen LogP contribution >= 0.6 is 0 Å². The van der Waals surface area contributed by atoms with Crippen molar-refractivity contribution in [2.75, 3.05) is 104 Å². The largest absolute Gasteiger partial charge is 0.493 e. The minimum atomic E-state index is -1.39. The number of hydrogen-bond acceptors (Lipinski definition) is 13. The number of hydrazine groups is 2. The normalized spacial score (nSPS) is 16.6. The molecular formula is C43H71N7O9Si2. The number of benzene rings is 2. The molecule has 0 spiro atoms. The van der Waals surface area contributed by atoms with Gasteiger partial charge in [0.1, 0.15) is 19.5 Å². The van der Waals surface area contributed by atoms with Gasteiger partial charge in [-0.1, -0.05) is 52.8 Å². The summed E-state index contributed by atoms with van der Waals surface area (Å²) in [6, 6.07) is 7.83. The van der Waals surface area contributed by atoms with Gasteiger partial charge in [-0.25, -0.2) is 10.9 Å². The first kappa shape index (κ1) is 49.5. The summed E-state index contributed by atoms with van der Waals surface area (Å²) in [5.74, 6) is 6.68. The van der Waals surface area contributed by atoms with Crippen LogP contribution < -0.4 is 34.7 Å². The number of methoxy groups -OCH3 is 2. The van der Waals surface area contributed by atoms with Crippen LogP contribution in [0.5, 0.6) is 23.0 Å². The summed E-state index contributed by atoms with van der Waals surface area (Å²) in [6.45, 7) is 24.3. The quantitative estimate of drug-likeness (QED) is 0.0471. The van der Waals surface area contributed by atoms with Gasteiger partial charge in [0.15, 0.2) is 23.0 Å². The Morgan fingerprint density at radius 3 is 1.98 bits per heavy atom. The van der Waals surface area contributed by atoms with Crippen LogP contribution in [0.3, 0.4) is 0 Å². The minimum Gasteiger partial charge on any atom is -0.493 e. The monoisotopic (exact) mass is 885 g/mol. The van der Waals surface area contributed by atoms with E-state index in [1.54, 1.807) is 32.4 Å². The second kappa shape index (κ2) is 22.3. The van der Waals surface area contributed by atoms with Crippen LogP contribution in [0.25, 0.3) is 0 Å². The standard InChI is InChI=1S/C43H71N7O9Si2/c1-13-34-43(53)48(30-56-22-24-60(7,8)9)35-28-39(37(54-5)26-32(35)42(52)50(34)44)58-20-15-21-59-40-29-36(33(27-38(40)55-6)41(51)46(4)14-2)49(31-57-23-25-61(10,11)12)47-18-16-45(3)17-19-47/h14,26-29,34H,2,13,15-25,30-31,44H2,1,3-12H3/t34-/m0/s1. The molecule has 2 aromatic rings. The molecule has 1 saturated heterocycles. The van der Waals surface area contributed by atoms with Gasteiger partial charge >= 0.3 is 0 Å². The number of piperazine rings is 1. The third kappa shape index (κ3) is 13.4. The second-order valence-corrected chi connectivity index (χ2v) is 29.2. The Bertz CT molecular complexity index is 1820. The number of nitrogens with two attached hydrogens (primary N) is 1. The van der Waals surface area contributed by atoms with Gasteiger partial charge in [-0.05, 0) is 43.9 Å². The molecule has 340 valence electrons. The molecule has 2 aliphatic heterocycles. The van der Waals surface area contributed by atoms with Gasteiger partial charge in [0.25, 0.3) is 17.7 Å². The molecule has 0 aromatic heterocycles. The summed E-state index contributed by atoms with van der Waals surface area (Å²) < 4.78 is 36.4.